The monoisotopic (exact) mass is 386 g/mol. The van der Waals surface area contributed by atoms with E-state index < -0.39 is 0 Å². The van der Waals surface area contributed by atoms with Gasteiger partial charge < -0.3 is 14.2 Å². The van der Waals surface area contributed by atoms with Gasteiger partial charge in [0.25, 0.3) is 0 Å². The van der Waals surface area contributed by atoms with E-state index in [2.05, 4.69) is 50.2 Å². The number of hydrogen-bond acceptors (Lipinski definition) is 6. The molecule has 29 heavy (non-hydrogen) atoms. The summed E-state index contributed by atoms with van der Waals surface area (Å²) in [6.07, 6.45) is 10.4. The third-order valence-corrected chi connectivity index (χ3v) is 5.59. The Morgan fingerprint density at radius 2 is 1.97 bits per heavy atom. The molecule has 1 aliphatic heterocycles. The number of aromatic nitrogens is 4. The van der Waals surface area contributed by atoms with E-state index in [1.807, 2.05) is 10.8 Å². The van der Waals surface area contributed by atoms with Gasteiger partial charge in [-0.2, -0.15) is 10.2 Å². The summed E-state index contributed by atoms with van der Waals surface area (Å²) in [7, 11) is 0. The smallest absolute Gasteiger partial charge is 0.235 e. The third-order valence-electron chi connectivity index (χ3n) is 5.59. The van der Waals surface area contributed by atoms with Crippen molar-refractivity contribution in [2.24, 2.45) is 5.92 Å². The minimum atomic E-state index is 0.411. The van der Waals surface area contributed by atoms with Crippen molar-refractivity contribution in [2.45, 2.75) is 25.2 Å². The van der Waals surface area contributed by atoms with E-state index in [9.17, 15) is 5.26 Å². The zero-order chi connectivity index (χ0) is 19.6. The van der Waals surface area contributed by atoms with Crippen molar-refractivity contribution in [3.63, 3.8) is 0 Å². The topological polar surface area (TPSA) is 79.9 Å². The highest BCUT2D eigenvalue weighted by atomic mass is 16.5. The van der Waals surface area contributed by atoms with E-state index in [0.29, 0.717) is 29.9 Å². The molecule has 1 saturated carbocycles. The van der Waals surface area contributed by atoms with Crippen LogP contribution in [0.4, 0.5) is 5.69 Å². The first-order chi connectivity index (χ1) is 14.3. The van der Waals surface area contributed by atoms with Crippen LogP contribution in [0.15, 0.2) is 49.2 Å². The van der Waals surface area contributed by atoms with E-state index in [-0.39, 0.29) is 0 Å². The van der Waals surface area contributed by atoms with Gasteiger partial charge in [0.1, 0.15) is 17.5 Å². The number of nitrogens with zero attached hydrogens (tertiary/aromatic N) is 6. The lowest BCUT2D eigenvalue weighted by molar-refractivity contribution is 0.250. The molecular weight excluding hydrogens is 364 g/mol. The minimum Gasteiger partial charge on any atom is -0.476 e. The van der Waals surface area contributed by atoms with Crippen molar-refractivity contribution in [1.29, 1.82) is 5.26 Å². The number of rotatable bonds is 6. The van der Waals surface area contributed by atoms with Gasteiger partial charge in [0, 0.05) is 48.7 Å². The molecule has 0 N–H and O–H groups in total. The van der Waals surface area contributed by atoms with Gasteiger partial charge in [-0.05, 0) is 43.5 Å². The Balaban J connectivity index is 1.21. The number of benzene rings is 1. The lowest BCUT2D eigenvalue weighted by Gasteiger charge is -2.19. The number of imidazole rings is 1. The molecule has 7 nitrogen and oxygen atoms in total. The van der Waals surface area contributed by atoms with Gasteiger partial charge in [-0.15, -0.1) is 0 Å². The summed E-state index contributed by atoms with van der Waals surface area (Å²) in [6.45, 7) is 2.51. The van der Waals surface area contributed by atoms with E-state index >= 15 is 0 Å². The maximum Gasteiger partial charge on any atom is 0.235 e. The van der Waals surface area contributed by atoms with E-state index in [1.165, 1.54) is 5.69 Å². The Kier molecular flexibility index (Phi) is 4.60. The SMILES string of the molecule is N#Cc1cnc(C2CC2)nc1OC[C@H]1CCN(c2ccc(-n3ccnc3)cc2)C1. The highest BCUT2D eigenvalue weighted by Gasteiger charge is 2.28. The third kappa shape index (κ3) is 3.79. The highest BCUT2D eigenvalue weighted by Crippen LogP contribution is 2.38. The lowest BCUT2D eigenvalue weighted by Crippen LogP contribution is -2.22. The number of hydrogen-bond donors (Lipinski definition) is 0. The van der Waals surface area contributed by atoms with Crippen LogP contribution in [0.5, 0.6) is 5.88 Å². The quantitative estimate of drug-likeness (QED) is 0.647. The van der Waals surface area contributed by atoms with Crippen LogP contribution in [0, 0.1) is 17.2 Å². The zero-order valence-corrected chi connectivity index (χ0v) is 16.1. The van der Waals surface area contributed by atoms with Crippen molar-refractivity contribution in [3.05, 3.63) is 60.6 Å². The van der Waals surface area contributed by atoms with Gasteiger partial charge in [-0.3, -0.25) is 0 Å². The molecule has 3 aromatic rings. The Labute approximate surface area is 169 Å². The number of anilines is 1. The van der Waals surface area contributed by atoms with Gasteiger partial charge in [0.15, 0.2) is 0 Å². The second-order valence-electron chi connectivity index (χ2n) is 7.73. The molecule has 1 aliphatic carbocycles. The molecule has 0 bridgehead atoms. The average Bonchev–Trinajstić information content (AvgIpc) is 3.26. The molecule has 2 aromatic heterocycles. The Morgan fingerprint density at radius 3 is 2.69 bits per heavy atom. The molecule has 1 saturated heterocycles. The molecule has 3 heterocycles. The number of nitriles is 1. The normalized spacial score (nSPS) is 18.6. The first-order valence-corrected chi connectivity index (χ1v) is 10.0. The van der Waals surface area contributed by atoms with Crippen LogP contribution in [0.3, 0.4) is 0 Å². The summed E-state index contributed by atoms with van der Waals surface area (Å²) in [5.74, 6) is 2.10. The predicted octanol–water partition coefficient (Wildman–Crippen LogP) is 3.32. The summed E-state index contributed by atoms with van der Waals surface area (Å²) in [4.78, 5) is 15.3. The molecule has 1 atom stereocenters. The molecule has 146 valence electrons. The first-order valence-electron chi connectivity index (χ1n) is 10.0. The standard InChI is InChI=1S/C22H22N6O/c23-11-18-12-25-21(17-1-2-17)26-22(18)29-14-16-7-9-27(13-16)19-3-5-20(6-4-19)28-10-8-24-15-28/h3-6,8,10,12,15-17H,1-2,7,9,13-14H2/t16-/m0/s1. The second-order valence-corrected chi connectivity index (χ2v) is 7.73. The van der Waals surface area contributed by atoms with Crippen molar-refractivity contribution in [3.8, 4) is 17.6 Å². The molecule has 1 aromatic carbocycles. The minimum absolute atomic E-state index is 0.411. The van der Waals surface area contributed by atoms with Crippen LogP contribution in [0.2, 0.25) is 0 Å². The van der Waals surface area contributed by atoms with Gasteiger partial charge in [0.2, 0.25) is 5.88 Å². The first kappa shape index (κ1) is 17.7. The summed E-state index contributed by atoms with van der Waals surface area (Å²) in [6, 6.07) is 10.7. The Bertz CT molecular complexity index is 1020. The van der Waals surface area contributed by atoms with Gasteiger partial charge in [0.05, 0.1) is 19.1 Å². The second kappa shape index (κ2) is 7.55. The lowest BCUT2D eigenvalue weighted by atomic mass is 10.1. The largest absolute Gasteiger partial charge is 0.476 e. The summed E-state index contributed by atoms with van der Waals surface area (Å²) >= 11 is 0. The van der Waals surface area contributed by atoms with Crippen LogP contribution in [-0.2, 0) is 0 Å². The van der Waals surface area contributed by atoms with Crippen LogP contribution in [-0.4, -0.2) is 39.2 Å². The summed E-state index contributed by atoms with van der Waals surface area (Å²) < 4.78 is 7.97. The highest BCUT2D eigenvalue weighted by molar-refractivity contribution is 5.51. The average molecular weight is 386 g/mol. The maximum atomic E-state index is 9.31. The molecule has 0 radical (unpaired) electrons. The van der Waals surface area contributed by atoms with Crippen molar-refractivity contribution < 1.29 is 4.74 Å². The van der Waals surface area contributed by atoms with Crippen molar-refractivity contribution in [2.75, 3.05) is 24.6 Å². The van der Waals surface area contributed by atoms with Crippen LogP contribution in [0.25, 0.3) is 5.69 Å². The van der Waals surface area contributed by atoms with Gasteiger partial charge in [-0.25, -0.2) is 9.97 Å². The van der Waals surface area contributed by atoms with Crippen LogP contribution >= 0.6 is 0 Å². The summed E-state index contributed by atoms with van der Waals surface area (Å²) in [5.41, 5.74) is 2.73. The molecule has 5 rings (SSSR count). The molecule has 7 heteroatoms. The van der Waals surface area contributed by atoms with E-state index in [1.54, 1.807) is 18.7 Å². The maximum absolute atomic E-state index is 9.31. The van der Waals surface area contributed by atoms with Crippen molar-refractivity contribution >= 4 is 5.69 Å². The molecule has 0 spiro atoms. The Morgan fingerprint density at radius 1 is 1.14 bits per heavy atom. The fraction of sp³-hybridized carbons (Fsp3) is 0.364. The zero-order valence-electron chi connectivity index (χ0n) is 16.1. The fourth-order valence-electron chi connectivity index (χ4n) is 3.75. The molecule has 2 aliphatic rings. The van der Waals surface area contributed by atoms with Gasteiger partial charge in [-0.1, -0.05) is 0 Å². The Hall–Kier alpha value is -3.40. The molecule has 0 unspecified atom stereocenters. The van der Waals surface area contributed by atoms with E-state index in [0.717, 1.165) is 43.9 Å². The van der Waals surface area contributed by atoms with Crippen LogP contribution < -0.4 is 9.64 Å². The molecule has 2 fully saturated rings. The predicted molar refractivity (Wildman–Crippen MR) is 108 cm³/mol. The van der Waals surface area contributed by atoms with Gasteiger partial charge >= 0.3 is 0 Å². The summed E-state index contributed by atoms with van der Waals surface area (Å²) in [5, 5.41) is 9.31. The molecular formula is C22H22N6O. The fourth-order valence-corrected chi connectivity index (χ4v) is 3.75. The van der Waals surface area contributed by atoms with Crippen molar-refractivity contribution in [1.82, 2.24) is 19.5 Å². The number of ether oxygens (including phenoxy) is 1. The van der Waals surface area contributed by atoms with Crippen LogP contribution in [0.1, 0.15) is 36.6 Å². The molecule has 0 amide bonds. The van der Waals surface area contributed by atoms with E-state index in [4.69, 9.17) is 4.74 Å².